The van der Waals surface area contributed by atoms with E-state index in [0.29, 0.717) is 10.6 Å². The Hall–Kier alpha value is -4.15. The molecule has 0 heterocycles. The van der Waals surface area contributed by atoms with Crippen molar-refractivity contribution in [2.45, 2.75) is 6.54 Å². The standard InChI is InChI=1S/C23H16ClN3O4/c24-19-8-4-5-9-21(19)31-22-11-10-17(13-20(22)27(29)30)12-18(14-25)23(28)26-15-16-6-2-1-3-7-16/h1-13H,15H2,(H,26,28). The zero-order valence-electron chi connectivity index (χ0n) is 16.1. The lowest BCUT2D eigenvalue weighted by atomic mass is 10.1. The molecule has 3 aromatic carbocycles. The minimum Gasteiger partial charge on any atom is -0.449 e. The molecule has 8 heteroatoms. The number of ether oxygens (including phenoxy) is 1. The highest BCUT2D eigenvalue weighted by molar-refractivity contribution is 6.32. The van der Waals surface area contributed by atoms with E-state index in [1.54, 1.807) is 24.3 Å². The summed E-state index contributed by atoms with van der Waals surface area (Å²) in [6.07, 6.45) is 1.28. The highest BCUT2D eigenvalue weighted by Gasteiger charge is 2.18. The van der Waals surface area contributed by atoms with Crippen molar-refractivity contribution in [3.05, 3.63) is 105 Å². The number of hydrogen-bond acceptors (Lipinski definition) is 5. The van der Waals surface area contributed by atoms with Crippen LogP contribution in [-0.4, -0.2) is 10.8 Å². The molecule has 3 rings (SSSR count). The Morgan fingerprint density at radius 2 is 1.81 bits per heavy atom. The molecule has 0 aliphatic heterocycles. The number of hydrogen-bond donors (Lipinski definition) is 1. The van der Waals surface area contributed by atoms with Crippen LogP contribution in [0.3, 0.4) is 0 Å². The second-order valence-electron chi connectivity index (χ2n) is 6.35. The first-order valence-electron chi connectivity index (χ1n) is 9.12. The molecule has 1 N–H and O–H groups in total. The molecule has 154 valence electrons. The maximum atomic E-state index is 12.3. The lowest BCUT2D eigenvalue weighted by Crippen LogP contribution is -2.23. The predicted molar refractivity (Wildman–Crippen MR) is 117 cm³/mol. The third kappa shape index (κ3) is 5.69. The number of nitrogens with zero attached hydrogens (tertiary/aromatic N) is 2. The van der Waals surface area contributed by atoms with Gasteiger partial charge >= 0.3 is 5.69 Å². The summed E-state index contributed by atoms with van der Waals surface area (Å²) in [5.74, 6) is -0.318. The third-order valence-electron chi connectivity index (χ3n) is 4.21. The van der Waals surface area contributed by atoms with Crippen molar-refractivity contribution in [1.82, 2.24) is 5.32 Å². The smallest absolute Gasteiger partial charge is 0.312 e. The first kappa shape index (κ1) is 21.6. The van der Waals surface area contributed by atoms with Crippen molar-refractivity contribution in [2.75, 3.05) is 0 Å². The van der Waals surface area contributed by atoms with Crippen LogP contribution >= 0.6 is 11.6 Å². The van der Waals surface area contributed by atoms with Crippen LogP contribution in [0.1, 0.15) is 11.1 Å². The zero-order chi connectivity index (χ0) is 22.2. The van der Waals surface area contributed by atoms with E-state index < -0.39 is 10.8 Å². The molecular formula is C23H16ClN3O4. The third-order valence-corrected chi connectivity index (χ3v) is 4.52. The monoisotopic (exact) mass is 433 g/mol. The van der Waals surface area contributed by atoms with Crippen LogP contribution in [0.25, 0.3) is 6.08 Å². The Balaban J connectivity index is 1.82. The maximum Gasteiger partial charge on any atom is 0.312 e. The molecule has 0 saturated heterocycles. The van der Waals surface area contributed by atoms with Gasteiger partial charge in [-0.15, -0.1) is 0 Å². The molecule has 7 nitrogen and oxygen atoms in total. The number of amides is 1. The van der Waals surface area contributed by atoms with Gasteiger partial charge < -0.3 is 10.1 Å². The summed E-state index contributed by atoms with van der Waals surface area (Å²) in [5.41, 5.74) is 0.690. The number of nitrogens with one attached hydrogen (secondary N) is 1. The summed E-state index contributed by atoms with van der Waals surface area (Å²) in [4.78, 5) is 23.3. The molecule has 3 aromatic rings. The Morgan fingerprint density at radius 3 is 2.48 bits per heavy atom. The van der Waals surface area contributed by atoms with Gasteiger partial charge in [-0.05, 0) is 35.4 Å². The fourth-order valence-electron chi connectivity index (χ4n) is 2.69. The molecule has 31 heavy (non-hydrogen) atoms. The second kappa shape index (κ2) is 10.1. The maximum absolute atomic E-state index is 12.3. The second-order valence-corrected chi connectivity index (χ2v) is 6.76. The van der Waals surface area contributed by atoms with Gasteiger partial charge in [0.05, 0.1) is 9.95 Å². The Labute approximate surface area is 183 Å². The van der Waals surface area contributed by atoms with Crippen LogP contribution in [0.5, 0.6) is 11.5 Å². The van der Waals surface area contributed by atoms with E-state index in [-0.39, 0.29) is 29.3 Å². The summed E-state index contributed by atoms with van der Waals surface area (Å²) in [5, 5.41) is 23.8. The van der Waals surface area contributed by atoms with Crippen LogP contribution in [0, 0.1) is 21.4 Å². The SMILES string of the molecule is N#CC(=Cc1ccc(Oc2ccccc2Cl)c([N+](=O)[O-])c1)C(=O)NCc1ccccc1. The lowest BCUT2D eigenvalue weighted by Gasteiger charge is -2.08. The molecule has 1 amide bonds. The number of rotatable bonds is 7. The summed E-state index contributed by atoms with van der Waals surface area (Å²) in [6.45, 7) is 0.253. The van der Waals surface area contributed by atoms with Gasteiger partial charge in [-0.3, -0.25) is 14.9 Å². The van der Waals surface area contributed by atoms with Gasteiger partial charge in [0.2, 0.25) is 5.75 Å². The largest absolute Gasteiger partial charge is 0.449 e. The van der Waals surface area contributed by atoms with E-state index in [2.05, 4.69) is 5.32 Å². The molecule has 0 radical (unpaired) electrons. The predicted octanol–water partition coefficient (Wildman–Crippen LogP) is 5.26. The number of benzene rings is 3. The van der Waals surface area contributed by atoms with E-state index in [4.69, 9.17) is 16.3 Å². The summed E-state index contributed by atoms with van der Waals surface area (Å²) < 4.78 is 5.58. The van der Waals surface area contributed by atoms with Crippen LogP contribution in [0.2, 0.25) is 5.02 Å². The van der Waals surface area contributed by atoms with Gasteiger partial charge in [0, 0.05) is 12.6 Å². The molecule has 0 fully saturated rings. The molecule has 0 aromatic heterocycles. The molecule has 0 unspecified atom stereocenters. The highest BCUT2D eigenvalue weighted by Crippen LogP contribution is 2.35. The van der Waals surface area contributed by atoms with Crippen LogP contribution in [-0.2, 0) is 11.3 Å². The average molecular weight is 434 g/mol. The van der Waals surface area contributed by atoms with E-state index >= 15 is 0 Å². The molecule has 0 bridgehead atoms. The number of nitro benzene ring substituents is 1. The minimum atomic E-state index is -0.606. The van der Waals surface area contributed by atoms with E-state index in [9.17, 15) is 20.2 Å². The van der Waals surface area contributed by atoms with Gasteiger partial charge in [-0.1, -0.05) is 60.1 Å². The van der Waals surface area contributed by atoms with E-state index in [1.807, 2.05) is 36.4 Å². The molecule has 0 aliphatic rings. The Bertz CT molecular complexity index is 1190. The first-order chi connectivity index (χ1) is 15.0. The van der Waals surface area contributed by atoms with Crippen molar-refractivity contribution in [2.24, 2.45) is 0 Å². The summed E-state index contributed by atoms with van der Waals surface area (Å²) >= 11 is 6.05. The lowest BCUT2D eigenvalue weighted by molar-refractivity contribution is -0.385. The normalized spacial score (nSPS) is 10.8. The average Bonchev–Trinajstić information content (AvgIpc) is 2.78. The fraction of sp³-hybridized carbons (Fsp3) is 0.0435. The van der Waals surface area contributed by atoms with Gasteiger partial charge in [-0.2, -0.15) is 5.26 Å². The highest BCUT2D eigenvalue weighted by atomic mass is 35.5. The van der Waals surface area contributed by atoms with Crippen molar-refractivity contribution in [3.8, 4) is 17.6 Å². The first-order valence-corrected chi connectivity index (χ1v) is 9.50. The molecule has 0 atom stereocenters. The summed E-state index contributed by atoms with van der Waals surface area (Å²) in [7, 11) is 0. The Kier molecular flexibility index (Phi) is 6.99. The minimum absolute atomic E-state index is 0.0118. The number of para-hydroxylation sites is 1. The van der Waals surface area contributed by atoms with E-state index in [1.165, 1.54) is 24.3 Å². The molecule has 0 aliphatic carbocycles. The van der Waals surface area contributed by atoms with Gasteiger partial charge in [-0.25, -0.2) is 0 Å². The van der Waals surface area contributed by atoms with Crippen molar-refractivity contribution >= 4 is 29.3 Å². The number of nitro groups is 1. The van der Waals surface area contributed by atoms with Crippen molar-refractivity contribution in [3.63, 3.8) is 0 Å². The summed E-state index contributed by atoms with van der Waals surface area (Å²) in [6, 6.07) is 21.8. The number of carbonyl (C=O) groups excluding carboxylic acids is 1. The van der Waals surface area contributed by atoms with Crippen molar-refractivity contribution in [1.29, 1.82) is 5.26 Å². The fourth-order valence-corrected chi connectivity index (χ4v) is 2.86. The van der Waals surface area contributed by atoms with Crippen LogP contribution < -0.4 is 10.1 Å². The van der Waals surface area contributed by atoms with Crippen molar-refractivity contribution < 1.29 is 14.5 Å². The van der Waals surface area contributed by atoms with Crippen LogP contribution in [0.4, 0.5) is 5.69 Å². The van der Waals surface area contributed by atoms with E-state index in [0.717, 1.165) is 5.56 Å². The quantitative estimate of drug-likeness (QED) is 0.236. The van der Waals surface area contributed by atoms with Gasteiger partial charge in [0.1, 0.15) is 17.4 Å². The molecule has 0 saturated carbocycles. The van der Waals surface area contributed by atoms with Crippen LogP contribution in [0.15, 0.2) is 78.4 Å². The van der Waals surface area contributed by atoms with Gasteiger partial charge in [0.15, 0.2) is 0 Å². The molecular weight excluding hydrogens is 418 g/mol. The number of nitriles is 1. The number of halogens is 1. The topological polar surface area (TPSA) is 105 Å². The Morgan fingerprint density at radius 1 is 1.10 bits per heavy atom. The zero-order valence-corrected chi connectivity index (χ0v) is 16.9. The van der Waals surface area contributed by atoms with Gasteiger partial charge in [0.25, 0.3) is 5.91 Å². The number of carbonyl (C=O) groups is 1. The molecule has 0 spiro atoms.